The normalized spacial score (nSPS) is 12.5. The van der Waals surface area contributed by atoms with Crippen LogP contribution in [-0.2, 0) is 6.54 Å². The number of oxime groups is 1. The van der Waals surface area contributed by atoms with E-state index in [1.807, 2.05) is 12.1 Å². The highest BCUT2D eigenvalue weighted by atomic mass is 16.5. The van der Waals surface area contributed by atoms with Crippen LogP contribution in [0.15, 0.2) is 23.4 Å². The van der Waals surface area contributed by atoms with Crippen LogP contribution < -0.4 is 15.8 Å². The highest BCUT2D eigenvalue weighted by molar-refractivity contribution is 5.99. The third kappa shape index (κ3) is 5.24. The number of aliphatic hydroxyl groups is 1. The molecule has 0 fully saturated rings. The first-order valence-corrected chi connectivity index (χ1v) is 6.90. The first-order chi connectivity index (χ1) is 9.93. The summed E-state index contributed by atoms with van der Waals surface area (Å²) in [5.74, 6) is 0.592. The Morgan fingerprint density at radius 3 is 2.71 bits per heavy atom. The number of nitrogens with zero attached hydrogens (tertiary/aromatic N) is 1. The molecule has 21 heavy (non-hydrogen) atoms. The number of hydrogen-bond acceptors (Lipinski definition) is 5. The number of nitrogens with two attached hydrogens (primary N) is 1. The van der Waals surface area contributed by atoms with Gasteiger partial charge in [-0.1, -0.05) is 25.1 Å². The van der Waals surface area contributed by atoms with E-state index in [-0.39, 0.29) is 17.9 Å². The smallest absolute Gasteiger partial charge is 0.173 e. The van der Waals surface area contributed by atoms with Crippen LogP contribution in [0.5, 0.6) is 5.75 Å². The van der Waals surface area contributed by atoms with E-state index < -0.39 is 0 Å². The van der Waals surface area contributed by atoms with Gasteiger partial charge in [-0.15, -0.1) is 0 Å². The van der Waals surface area contributed by atoms with Gasteiger partial charge in [0.15, 0.2) is 5.84 Å². The number of ether oxygens (including phenoxy) is 1. The highest BCUT2D eigenvalue weighted by Gasteiger charge is 2.16. The molecule has 5 N–H and O–H groups in total. The van der Waals surface area contributed by atoms with Crippen molar-refractivity contribution in [3.63, 3.8) is 0 Å². The molecule has 6 heteroatoms. The molecule has 0 saturated heterocycles. The molecule has 1 rings (SSSR count). The zero-order valence-corrected chi connectivity index (χ0v) is 12.9. The molecule has 0 aliphatic rings. The molecular weight excluding hydrogens is 270 g/mol. The Kier molecular flexibility index (Phi) is 6.45. The number of rotatable bonds is 8. The molecule has 0 radical (unpaired) electrons. The molecule has 0 aromatic heterocycles. The van der Waals surface area contributed by atoms with Crippen LogP contribution in [0, 0.1) is 5.41 Å². The number of amidine groups is 1. The fraction of sp³-hybridized carbons (Fsp3) is 0.533. The molecule has 0 heterocycles. The average molecular weight is 295 g/mol. The van der Waals surface area contributed by atoms with E-state index in [0.717, 1.165) is 18.5 Å². The van der Waals surface area contributed by atoms with Crippen molar-refractivity contribution >= 4 is 5.84 Å². The van der Waals surface area contributed by atoms with E-state index in [9.17, 15) is 0 Å². The Morgan fingerprint density at radius 2 is 2.14 bits per heavy atom. The lowest BCUT2D eigenvalue weighted by Gasteiger charge is -2.24. The van der Waals surface area contributed by atoms with Crippen LogP contribution in [-0.4, -0.2) is 36.4 Å². The van der Waals surface area contributed by atoms with Crippen LogP contribution in [0.25, 0.3) is 0 Å². The Labute approximate surface area is 125 Å². The van der Waals surface area contributed by atoms with Gasteiger partial charge in [0, 0.05) is 19.7 Å². The van der Waals surface area contributed by atoms with E-state index >= 15 is 0 Å². The zero-order valence-electron chi connectivity index (χ0n) is 12.9. The standard InChI is InChI=1S/C15H25N3O3/c1-15(2,6-7-19)10-17-9-11-4-5-12(14(16)18-20)13(8-11)21-3/h4-5,8,17,19-20H,6-7,9-10H2,1-3H3,(H2,16,18). The van der Waals surface area contributed by atoms with Crippen molar-refractivity contribution in [3.8, 4) is 5.75 Å². The van der Waals surface area contributed by atoms with Crippen LogP contribution in [0.1, 0.15) is 31.4 Å². The van der Waals surface area contributed by atoms with Gasteiger partial charge >= 0.3 is 0 Å². The molecule has 0 aliphatic carbocycles. The van der Waals surface area contributed by atoms with Crippen LogP contribution in [0.2, 0.25) is 0 Å². The maximum atomic E-state index is 9.00. The first kappa shape index (κ1) is 17.3. The monoisotopic (exact) mass is 295 g/mol. The van der Waals surface area contributed by atoms with E-state index in [4.69, 9.17) is 20.8 Å². The summed E-state index contributed by atoms with van der Waals surface area (Å²) in [4.78, 5) is 0. The van der Waals surface area contributed by atoms with Crippen molar-refractivity contribution in [2.24, 2.45) is 16.3 Å². The van der Waals surface area contributed by atoms with Crippen molar-refractivity contribution in [1.29, 1.82) is 0 Å². The van der Waals surface area contributed by atoms with Gasteiger partial charge in [-0.05, 0) is 29.5 Å². The molecule has 0 bridgehead atoms. The highest BCUT2D eigenvalue weighted by Crippen LogP contribution is 2.21. The molecule has 0 atom stereocenters. The molecular formula is C15H25N3O3. The van der Waals surface area contributed by atoms with Gasteiger partial charge in [0.2, 0.25) is 0 Å². The maximum Gasteiger partial charge on any atom is 0.173 e. The maximum absolute atomic E-state index is 9.00. The van der Waals surface area contributed by atoms with Gasteiger partial charge < -0.3 is 26.1 Å². The Morgan fingerprint density at radius 1 is 1.43 bits per heavy atom. The minimum Gasteiger partial charge on any atom is -0.496 e. The SMILES string of the molecule is COc1cc(CNCC(C)(C)CCO)ccc1/C(N)=N/O. The topological polar surface area (TPSA) is 100 Å². The molecule has 0 unspecified atom stereocenters. The third-order valence-electron chi connectivity index (χ3n) is 3.37. The molecule has 1 aromatic rings. The van der Waals surface area contributed by atoms with Gasteiger partial charge in [-0.3, -0.25) is 0 Å². The molecule has 6 nitrogen and oxygen atoms in total. The number of hydrogen-bond donors (Lipinski definition) is 4. The van der Waals surface area contributed by atoms with Crippen molar-refractivity contribution in [2.75, 3.05) is 20.3 Å². The van der Waals surface area contributed by atoms with E-state index in [1.165, 1.54) is 0 Å². The second-order valence-electron chi connectivity index (χ2n) is 5.76. The average Bonchev–Trinajstić information content (AvgIpc) is 2.46. The predicted molar refractivity (Wildman–Crippen MR) is 82.7 cm³/mol. The lowest BCUT2D eigenvalue weighted by atomic mass is 9.90. The largest absolute Gasteiger partial charge is 0.496 e. The van der Waals surface area contributed by atoms with Crippen molar-refractivity contribution in [2.45, 2.75) is 26.8 Å². The summed E-state index contributed by atoms with van der Waals surface area (Å²) in [5, 5.41) is 24.1. The van der Waals surface area contributed by atoms with Crippen molar-refractivity contribution < 1.29 is 15.1 Å². The van der Waals surface area contributed by atoms with Crippen LogP contribution >= 0.6 is 0 Å². The first-order valence-electron chi connectivity index (χ1n) is 6.90. The third-order valence-corrected chi connectivity index (χ3v) is 3.37. The Balaban J connectivity index is 2.69. The number of nitrogens with one attached hydrogen (secondary N) is 1. The minimum absolute atomic E-state index is 0.0236. The second kappa shape index (κ2) is 7.85. The van der Waals surface area contributed by atoms with Gasteiger partial charge in [-0.2, -0.15) is 0 Å². The van der Waals surface area contributed by atoms with E-state index in [2.05, 4.69) is 24.3 Å². The summed E-state index contributed by atoms with van der Waals surface area (Å²) in [7, 11) is 1.55. The molecule has 0 amide bonds. The zero-order chi connectivity index (χ0) is 15.9. The molecule has 0 aliphatic heterocycles. The molecule has 0 saturated carbocycles. The summed E-state index contributed by atoms with van der Waals surface area (Å²) >= 11 is 0. The molecule has 1 aromatic carbocycles. The van der Waals surface area contributed by atoms with Crippen molar-refractivity contribution in [3.05, 3.63) is 29.3 Å². The predicted octanol–water partition coefficient (Wildman–Crippen LogP) is 1.29. The fourth-order valence-corrected chi connectivity index (χ4v) is 2.05. The molecule has 118 valence electrons. The van der Waals surface area contributed by atoms with E-state index in [0.29, 0.717) is 17.9 Å². The second-order valence-corrected chi connectivity index (χ2v) is 5.76. The number of methoxy groups -OCH3 is 1. The Bertz CT molecular complexity index is 487. The summed E-state index contributed by atoms with van der Waals surface area (Å²) in [5.41, 5.74) is 7.24. The quantitative estimate of drug-likeness (QED) is 0.251. The van der Waals surface area contributed by atoms with Gasteiger partial charge in [0.05, 0.1) is 12.7 Å². The van der Waals surface area contributed by atoms with Crippen molar-refractivity contribution in [1.82, 2.24) is 5.32 Å². The number of aliphatic hydroxyl groups excluding tert-OH is 1. The van der Waals surface area contributed by atoms with Gasteiger partial charge in [0.1, 0.15) is 5.75 Å². The Hall–Kier alpha value is -1.79. The van der Waals surface area contributed by atoms with Gasteiger partial charge in [0.25, 0.3) is 0 Å². The van der Waals surface area contributed by atoms with Crippen LogP contribution in [0.3, 0.4) is 0 Å². The lowest BCUT2D eigenvalue weighted by Crippen LogP contribution is -2.29. The van der Waals surface area contributed by atoms with E-state index in [1.54, 1.807) is 13.2 Å². The van der Waals surface area contributed by atoms with Gasteiger partial charge in [-0.25, -0.2) is 0 Å². The van der Waals surface area contributed by atoms with Crippen LogP contribution in [0.4, 0.5) is 0 Å². The number of benzene rings is 1. The molecule has 0 spiro atoms. The lowest BCUT2D eigenvalue weighted by molar-refractivity contribution is 0.207. The minimum atomic E-state index is 0.0236. The fourth-order valence-electron chi connectivity index (χ4n) is 2.05. The summed E-state index contributed by atoms with van der Waals surface area (Å²) in [6.07, 6.45) is 0.756. The summed E-state index contributed by atoms with van der Waals surface area (Å²) < 4.78 is 5.26. The summed E-state index contributed by atoms with van der Waals surface area (Å²) in [6.45, 7) is 5.90. The summed E-state index contributed by atoms with van der Waals surface area (Å²) in [6, 6.07) is 5.53.